The molecule has 7 heteroatoms. The van der Waals surface area contributed by atoms with Gasteiger partial charge in [0, 0.05) is 0 Å². The van der Waals surface area contributed by atoms with E-state index in [1.165, 1.54) is 25.3 Å². The Morgan fingerprint density at radius 3 is 2.40 bits per heavy atom. The molecular formula is C18H20ClNO4S. The lowest BCUT2D eigenvalue weighted by atomic mass is 10.1. The van der Waals surface area contributed by atoms with E-state index >= 15 is 0 Å². The van der Waals surface area contributed by atoms with Gasteiger partial charge in [0.05, 0.1) is 28.3 Å². The van der Waals surface area contributed by atoms with E-state index in [4.69, 9.17) is 11.6 Å². The van der Waals surface area contributed by atoms with Crippen LogP contribution in [0.3, 0.4) is 0 Å². The first-order valence-electron chi connectivity index (χ1n) is 7.87. The van der Waals surface area contributed by atoms with Gasteiger partial charge in [0.25, 0.3) is 10.0 Å². The number of unbranched alkanes of at least 4 members (excludes halogenated alkanes) is 1. The van der Waals surface area contributed by atoms with Crippen molar-refractivity contribution < 1.29 is 17.9 Å². The van der Waals surface area contributed by atoms with Crippen molar-refractivity contribution in [2.45, 2.75) is 31.1 Å². The second-order valence-corrected chi connectivity index (χ2v) is 7.63. The summed E-state index contributed by atoms with van der Waals surface area (Å²) >= 11 is 6.07. The van der Waals surface area contributed by atoms with Gasteiger partial charge in [0.15, 0.2) is 0 Å². The fraction of sp³-hybridized carbons (Fsp3) is 0.278. The Morgan fingerprint density at radius 2 is 1.84 bits per heavy atom. The van der Waals surface area contributed by atoms with E-state index in [9.17, 15) is 13.2 Å². The number of benzene rings is 2. The molecule has 134 valence electrons. The lowest BCUT2D eigenvalue weighted by Gasteiger charge is -2.11. The summed E-state index contributed by atoms with van der Waals surface area (Å²) in [7, 11) is -2.50. The third kappa shape index (κ3) is 4.96. The molecule has 0 fully saturated rings. The molecule has 5 nitrogen and oxygen atoms in total. The number of sulfonamides is 1. The van der Waals surface area contributed by atoms with E-state index in [0.717, 1.165) is 24.8 Å². The molecule has 0 aliphatic rings. The van der Waals surface area contributed by atoms with E-state index in [0.29, 0.717) is 0 Å². The van der Waals surface area contributed by atoms with Crippen molar-refractivity contribution in [3.8, 4) is 0 Å². The van der Waals surface area contributed by atoms with Crippen LogP contribution in [0.1, 0.15) is 35.7 Å². The number of aryl methyl sites for hydroxylation is 1. The molecule has 0 unspecified atom stereocenters. The van der Waals surface area contributed by atoms with Gasteiger partial charge in [-0.05, 0) is 48.7 Å². The number of rotatable bonds is 7. The highest BCUT2D eigenvalue weighted by Gasteiger charge is 2.17. The molecule has 1 N–H and O–H groups in total. The molecule has 0 amide bonds. The van der Waals surface area contributed by atoms with E-state index < -0.39 is 16.0 Å². The number of methoxy groups -OCH3 is 1. The van der Waals surface area contributed by atoms with Crippen LogP contribution in [0.5, 0.6) is 0 Å². The molecule has 0 radical (unpaired) electrons. The molecule has 2 rings (SSSR count). The first kappa shape index (κ1) is 19.3. The Labute approximate surface area is 153 Å². The van der Waals surface area contributed by atoms with E-state index in [-0.39, 0.29) is 21.2 Å². The largest absolute Gasteiger partial charge is 0.465 e. The van der Waals surface area contributed by atoms with Crippen LogP contribution in [0, 0.1) is 0 Å². The van der Waals surface area contributed by atoms with Gasteiger partial charge >= 0.3 is 5.97 Å². The molecule has 0 saturated heterocycles. The number of esters is 1. The average molecular weight is 382 g/mol. The molecule has 0 bridgehead atoms. The molecule has 25 heavy (non-hydrogen) atoms. The third-order valence-electron chi connectivity index (χ3n) is 3.69. The Kier molecular flexibility index (Phi) is 6.45. The van der Waals surface area contributed by atoms with Gasteiger partial charge in [-0.2, -0.15) is 0 Å². The van der Waals surface area contributed by atoms with Crippen molar-refractivity contribution >= 4 is 33.3 Å². The number of carbonyl (C=O) groups excluding carboxylic acids is 1. The number of anilines is 1. The van der Waals surface area contributed by atoms with Crippen LogP contribution >= 0.6 is 11.6 Å². The standard InChI is InChI=1S/C18H20ClNO4S/c1-3-4-5-13-6-9-15(10-7-13)25(22,23)20-17-11-8-14(12-16(17)19)18(21)24-2/h6-12,20H,3-5H2,1-2H3. The summed E-state index contributed by atoms with van der Waals surface area (Å²) in [6.45, 7) is 2.11. The van der Waals surface area contributed by atoms with E-state index in [1.807, 2.05) is 12.1 Å². The molecule has 0 atom stereocenters. The van der Waals surface area contributed by atoms with Crippen LogP contribution in [0.2, 0.25) is 5.02 Å². The summed E-state index contributed by atoms with van der Waals surface area (Å²) in [4.78, 5) is 11.6. The van der Waals surface area contributed by atoms with Gasteiger partial charge in [0.1, 0.15) is 0 Å². The Morgan fingerprint density at radius 1 is 1.16 bits per heavy atom. The van der Waals surface area contributed by atoms with Crippen LogP contribution < -0.4 is 4.72 Å². The number of hydrogen-bond acceptors (Lipinski definition) is 4. The molecular weight excluding hydrogens is 362 g/mol. The molecule has 2 aromatic carbocycles. The predicted molar refractivity (Wildman–Crippen MR) is 98.7 cm³/mol. The third-order valence-corrected chi connectivity index (χ3v) is 5.38. The highest BCUT2D eigenvalue weighted by molar-refractivity contribution is 7.92. The van der Waals surface area contributed by atoms with Crippen molar-refractivity contribution in [3.63, 3.8) is 0 Å². The Bertz CT molecular complexity index is 848. The summed E-state index contributed by atoms with van der Waals surface area (Å²) in [5.41, 5.74) is 1.54. The van der Waals surface area contributed by atoms with Gasteiger partial charge < -0.3 is 4.74 Å². The Balaban J connectivity index is 2.19. The topological polar surface area (TPSA) is 72.5 Å². The van der Waals surface area contributed by atoms with Crippen LogP contribution in [0.15, 0.2) is 47.4 Å². The van der Waals surface area contributed by atoms with E-state index in [1.54, 1.807) is 12.1 Å². The Hall–Kier alpha value is -2.05. The molecule has 0 heterocycles. The second-order valence-electron chi connectivity index (χ2n) is 5.54. The van der Waals surface area contributed by atoms with Gasteiger partial charge in [-0.1, -0.05) is 37.1 Å². The van der Waals surface area contributed by atoms with Crippen LogP contribution in [0.4, 0.5) is 5.69 Å². The maximum atomic E-state index is 12.5. The summed E-state index contributed by atoms with van der Waals surface area (Å²) in [6, 6.07) is 11.0. The fourth-order valence-corrected chi connectivity index (χ4v) is 3.63. The van der Waals surface area contributed by atoms with Crippen molar-refractivity contribution in [3.05, 3.63) is 58.6 Å². The van der Waals surface area contributed by atoms with Gasteiger partial charge in [-0.25, -0.2) is 13.2 Å². The molecule has 0 aromatic heterocycles. The fourth-order valence-electron chi connectivity index (χ4n) is 2.26. The average Bonchev–Trinajstić information content (AvgIpc) is 2.61. The normalized spacial score (nSPS) is 11.2. The summed E-state index contributed by atoms with van der Waals surface area (Å²) in [5.74, 6) is -0.543. The van der Waals surface area contributed by atoms with Crippen molar-refractivity contribution in [1.82, 2.24) is 0 Å². The number of carbonyl (C=O) groups is 1. The van der Waals surface area contributed by atoms with E-state index in [2.05, 4.69) is 16.4 Å². The maximum absolute atomic E-state index is 12.5. The summed E-state index contributed by atoms with van der Waals surface area (Å²) < 4.78 is 32.0. The lowest BCUT2D eigenvalue weighted by molar-refractivity contribution is 0.0601. The second kappa shape index (κ2) is 8.36. The highest BCUT2D eigenvalue weighted by Crippen LogP contribution is 2.26. The zero-order chi connectivity index (χ0) is 18.4. The van der Waals surface area contributed by atoms with Crippen LogP contribution in [-0.2, 0) is 21.2 Å². The molecule has 0 saturated carbocycles. The lowest BCUT2D eigenvalue weighted by Crippen LogP contribution is -2.13. The minimum Gasteiger partial charge on any atom is -0.465 e. The van der Waals surface area contributed by atoms with Gasteiger partial charge in [-0.15, -0.1) is 0 Å². The summed E-state index contributed by atoms with van der Waals surface area (Å²) in [6.07, 6.45) is 3.07. The smallest absolute Gasteiger partial charge is 0.337 e. The zero-order valence-corrected chi connectivity index (χ0v) is 15.7. The van der Waals surface area contributed by atoms with Crippen LogP contribution in [0.25, 0.3) is 0 Å². The SMILES string of the molecule is CCCCc1ccc(S(=O)(=O)Nc2ccc(C(=O)OC)cc2Cl)cc1. The minimum absolute atomic E-state index is 0.117. The van der Waals surface area contributed by atoms with Crippen molar-refractivity contribution in [2.24, 2.45) is 0 Å². The van der Waals surface area contributed by atoms with Crippen LogP contribution in [-0.4, -0.2) is 21.5 Å². The minimum atomic E-state index is -3.76. The molecule has 0 aliphatic heterocycles. The number of halogens is 1. The zero-order valence-electron chi connectivity index (χ0n) is 14.1. The monoisotopic (exact) mass is 381 g/mol. The summed E-state index contributed by atoms with van der Waals surface area (Å²) in [5, 5.41) is 0.117. The maximum Gasteiger partial charge on any atom is 0.337 e. The van der Waals surface area contributed by atoms with Gasteiger partial charge in [0.2, 0.25) is 0 Å². The van der Waals surface area contributed by atoms with Crippen molar-refractivity contribution in [1.29, 1.82) is 0 Å². The highest BCUT2D eigenvalue weighted by atomic mass is 35.5. The number of ether oxygens (including phenoxy) is 1. The number of nitrogens with one attached hydrogen (secondary N) is 1. The molecule has 0 spiro atoms. The predicted octanol–water partition coefficient (Wildman–Crippen LogP) is 4.27. The number of hydrogen-bond donors (Lipinski definition) is 1. The molecule has 2 aromatic rings. The van der Waals surface area contributed by atoms with Gasteiger partial charge in [-0.3, -0.25) is 4.72 Å². The first-order valence-corrected chi connectivity index (χ1v) is 9.73. The quantitative estimate of drug-likeness (QED) is 0.727. The molecule has 0 aliphatic carbocycles. The van der Waals surface area contributed by atoms with Crippen molar-refractivity contribution in [2.75, 3.05) is 11.8 Å². The first-order chi connectivity index (χ1) is 11.9.